The zero-order valence-corrected chi connectivity index (χ0v) is 9.30. The molecule has 1 nitrogen and oxygen atoms in total. The fourth-order valence-corrected chi connectivity index (χ4v) is 2.05. The van der Waals surface area contributed by atoms with Crippen LogP contribution in [0.3, 0.4) is 0 Å². The predicted octanol–water partition coefficient (Wildman–Crippen LogP) is 3.32. The van der Waals surface area contributed by atoms with Crippen molar-refractivity contribution in [3.05, 3.63) is 29.8 Å². The molecule has 2 rings (SSSR count). The van der Waals surface area contributed by atoms with E-state index in [0.717, 1.165) is 12.5 Å². The third-order valence-corrected chi connectivity index (χ3v) is 3.25. The standard InChI is InChI=1S/C13H19N/c1-13(2,3)11-8-10-6-4-5-7-12(10)14-9-11/h4-7,11,14H,8-9H2,1-3H3/t11-/m1/s1. The van der Waals surface area contributed by atoms with Gasteiger partial charge in [-0.05, 0) is 29.4 Å². The molecule has 1 aromatic carbocycles. The number of fused-ring (bicyclic) bond motifs is 1. The summed E-state index contributed by atoms with van der Waals surface area (Å²) in [5.74, 6) is 0.748. The van der Waals surface area contributed by atoms with Gasteiger partial charge >= 0.3 is 0 Å². The number of nitrogens with one attached hydrogen (secondary N) is 1. The molecule has 0 unspecified atom stereocenters. The van der Waals surface area contributed by atoms with E-state index in [0.29, 0.717) is 5.41 Å². The van der Waals surface area contributed by atoms with E-state index >= 15 is 0 Å². The Bertz CT molecular complexity index is 322. The minimum Gasteiger partial charge on any atom is -0.385 e. The molecule has 14 heavy (non-hydrogen) atoms. The number of para-hydroxylation sites is 1. The summed E-state index contributed by atoms with van der Waals surface area (Å²) in [6.45, 7) is 8.09. The smallest absolute Gasteiger partial charge is 0.0372 e. The van der Waals surface area contributed by atoms with Crippen molar-refractivity contribution in [3.63, 3.8) is 0 Å². The van der Waals surface area contributed by atoms with E-state index < -0.39 is 0 Å². The molecule has 1 atom stereocenters. The van der Waals surface area contributed by atoms with Gasteiger partial charge in [0.05, 0.1) is 0 Å². The zero-order valence-electron chi connectivity index (χ0n) is 9.30. The van der Waals surface area contributed by atoms with E-state index in [1.54, 1.807) is 0 Å². The molecule has 1 N–H and O–H groups in total. The molecule has 0 aliphatic carbocycles. The Morgan fingerprint density at radius 1 is 1.21 bits per heavy atom. The van der Waals surface area contributed by atoms with Gasteiger partial charge in [0.1, 0.15) is 0 Å². The Morgan fingerprint density at radius 2 is 1.93 bits per heavy atom. The monoisotopic (exact) mass is 189 g/mol. The van der Waals surface area contributed by atoms with Crippen LogP contribution in [0, 0.1) is 11.3 Å². The Kier molecular flexibility index (Phi) is 2.26. The van der Waals surface area contributed by atoms with Crippen LogP contribution in [-0.4, -0.2) is 6.54 Å². The molecular formula is C13H19N. The van der Waals surface area contributed by atoms with Crippen LogP contribution in [0.2, 0.25) is 0 Å². The Hall–Kier alpha value is -0.980. The van der Waals surface area contributed by atoms with Crippen molar-refractivity contribution in [2.45, 2.75) is 27.2 Å². The highest BCUT2D eigenvalue weighted by molar-refractivity contribution is 5.53. The number of hydrogen-bond donors (Lipinski definition) is 1. The van der Waals surface area contributed by atoms with E-state index in [-0.39, 0.29) is 0 Å². The molecule has 0 aromatic heterocycles. The molecule has 0 saturated carbocycles. The second-order valence-electron chi connectivity index (χ2n) is 5.31. The SMILES string of the molecule is CC(C)(C)[C@H]1CNc2ccccc2C1. The predicted molar refractivity (Wildman–Crippen MR) is 61.6 cm³/mol. The fraction of sp³-hybridized carbons (Fsp3) is 0.538. The first kappa shape index (κ1) is 9.57. The second kappa shape index (κ2) is 3.30. The maximum Gasteiger partial charge on any atom is 0.0372 e. The molecule has 1 aromatic rings. The van der Waals surface area contributed by atoms with Crippen LogP contribution in [0.15, 0.2) is 24.3 Å². The largest absolute Gasteiger partial charge is 0.385 e. The van der Waals surface area contributed by atoms with Gasteiger partial charge in [0, 0.05) is 12.2 Å². The van der Waals surface area contributed by atoms with Crippen LogP contribution in [0.5, 0.6) is 0 Å². The van der Waals surface area contributed by atoms with Gasteiger partial charge < -0.3 is 5.32 Å². The van der Waals surface area contributed by atoms with Crippen molar-refractivity contribution in [1.82, 2.24) is 0 Å². The van der Waals surface area contributed by atoms with Crippen molar-refractivity contribution in [2.75, 3.05) is 11.9 Å². The Morgan fingerprint density at radius 3 is 2.64 bits per heavy atom. The van der Waals surface area contributed by atoms with Crippen molar-refractivity contribution >= 4 is 5.69 Å². The molecule has 0 radical (unpaired) electrons. The van der Waals surface area contributed by atoms with E-state index in [1.807, 2.05) is 0 Å². The summed E-state index contributed by atoms with van der Waals surface area (Å²) in [5.41, 5.74) is 3.20. The third kappa shape index (κ3) is 1.77. The normalized spacial score (nSPS) is 21.2. The fourth-order valence-electron chi connectivity index (χ4n) is 2.05. The van der Waals surface area contributed by atoms with Gasteiger partial charge in [-0.15, -0.1) is 0 Å². The van der Waals surface area contributed by atoms with Crippen molar-refractivity contribution in [2.24, 2.45) is 11.3 Å². The highest BCUT2D eigenvalue weighted by Gasteiger charge is 2.28. The lowest BCUT2D eigenvalue weighted by atomic mass is 9.75. The molecule has 1 aliphatic rings. The molecule has 1 heteroatoms. The topological polar surface area (TPSA) is 12.0 Å². The van der Waals surface area contributed by atoms with Gasteiger partial charge in [0.15, 0.2) is 0 Å². The second-order valence-corrected chi connectivity index (χ2v) is 5.31. The van der Waals surface area contributed by atoms with Crippen LogP contribution in [0.4, 0.5) is 5.69 Å². The Balaban J connectivity index is 2.22. The van der Waals surface area contributed by atoms with E-state index in [1.165, 1.54) is 17.7 Å². The van der Waals surface area contributed by atoms with Gasteiger partial charge in [0.25, 0.3) is 0 Å². The van der Waals surface area contributed by atoms with Gasteiger partial charge in [-0.2, -0.15) is 0 Å². The van der Waals surface area contributed by atoms with Gasteiger partial charge in [-0.25, -0.2) is 0 Å². The molecule has 0 amide bonds. The minimum absolute atomic E-state index is 0.403. The maximum atomic E-state index is 3.52. The maximum absolute atomic E-state index is 3.52. The Labute approximate surface area is 86.5 Å². The van der Waals surface area contributed by atoms with Gasteiger partial charge in [-0.3, -0.25) is 0 Å². The summed E-state index contributed by atoms with van der Waals surface area (Å²) < 4.78 is 0. The lowest BCUT2D eigenvalue weighted by molar-refractivity contribution is 0.247. The van der Waals surface area contributed by atoms with Crippen LogP contribution < -0.4 is 5.32 Å². The lowest BCUT2D eigenvalue weighted by Crippen LogP contribution is -2.33. The molecule has 1 aliphatic heterocycles. The number of benzene rings is 1. The van der Waals surface area contributed by atoms with E-state index in [9.17, 15) is 0 Å². The quantitative estimate of drug-likeness (QED) is 0.660. The number of hydrogen-bond acceptors (Lipinski definition) is 1. The highest BCUT2D eigenvalue weighted by atomic mass is 14.9. The lowest BCUT2D eigenvalue weighted by Gasteiger charge is -2.35. The molecule has 76 valence electrons. The van der Waals surface area contributed by atoms with E-state index in [2.05, 4.69) is 50.4 Å². The molecule has 0 spiro atoms. The molecular weight excluding hydrogens is 170 g/mol. The zero-order chi connectivity index (χ0) is 10.2. The molecule has 0 bridgehead atoms. The summed E-state index contributed by atoms with van der Waals surface area (Å²) in [4.78, 5) is 0. The first-order valence-corrected chi connectivity index (χ1v) is 5.39. The minimum atomic E-state index is 0.403. The van der Waals surface area contributed by atoms with Crippen LogP contribution >= 0.6 is 0 Å². The van der Waals surface area contributed by atoms with Gasteiger partial charge in [-0.1, -0.05) is 39.0 Å². The summed E-state index contributed by atoms with van der Waals surface area (Å²) in [7, 11) is 0. The highest BCUT2D eigenvalue weighted by Crippen LogP contribution is 2.34. The van der Waals surface area contributed by atoms with Crippen LogP contribution in [-0.2, 0) is 6.42 Å². The number of rotatable bonds is 0. The summed E-state index contributed by atoms with van der Waals surface area (Å²) in [5, 5.41) is 3.52. The van der Waals surface area contributed by atoms with Crippen molar-refractivity contribution in [3.8, 4) is 0 Å². The number of anilines is 1. The van der Waals surface area contributed by atoms with E-state index in [4.69, 9.17) is 0 Å². The average Bonchev–Trinajstić information content (AvgIpc) is 2.16. The summed E-state index contributed by atoms with van der Waals surface area (Å²) >= 11 is 0. The summed E-state index contributed by atoms with van der Waals surface area (Å²) in [6, 6.07) is 8.64. The average molecular weight is 189 g/mol. The first-order valence-electron chi connectivity index (χ1n) is 5.39. The molecule has 1 heterocycles. The third-order valence-electron chi connectivity index (χ3n) is 3.25. The first-order chi connectivity index (χ1) is 6.57. The van der Waals surface area contributed by atoms with Crippen molar-refractivity contribution in [1.29, 1.82) is 0 Å². The van der Waals surface area contributed by atoms with Gasteiger partial charge in [0.2, 0.25) is 0 Å². The summed E-state index contributed by atoms with van der Waals surface area (Å²) in [6.07, 6.45) is 1.21. The van der Waals surface area contributed by atoms with Crippen LogP contribution in [0.25, 0.3) is 0 Å². The molecule has 0 saturated heterocycles. The van der Waals surface area contributed by atoms with Crippen LogP contribution in [0.1, 0.15) is 26.3 Å². The molecule has 0 fully saturated rings. The van der Waals surface area contributed by atoms with Crippen molar-refractivity contribution < 1.29 is 0 Å².